The van der Waals surface area contributed by atoms with Gasteiger partial charge in [-0.2, -0.15) is 0 Å². The summed E-state index contributed by atoms with van der Waals surface area (Å²) in [6, 6.07) is 12.9. The number of aromatic amines is 1. The number of carbonyl (C=O) groups is 11. The van der Waals surface area contributed by atoms with Crippen molar-refractivity contribution < 1.29 is 76.8 Å². The number of fused-ring (bicyclic) bond motifs is 1. The van der Waals surface area contributed by atoms with Crippen LogP contribution >= 0.6 is 0 Å². The van der Waals surface area contributed by atoms with Crippen LogP contribution in [-0.4, -0.2) is 165 Å². The van der Waals surface area contributed by atoms with E-state index in [1.165, 1.54) is 32.6 Å². The molecule has 0 radical (unpaired) electrons. The summed E-state index contributed by atoms with van der Waals surface area (Å²) in [5.41, 5.74) is 11.7. The topological polar surface area (TPSA) is 535 Å². The van der Waals surface area contributed by atoms with Gasteiger partial charge in [-0.25, -0.2) is 14.6 Å². The maximum absolute atomic E-state index is 14.8. The summed E-state index contributed by atoms with van der Waals surface area (Å²) in [6.45, 7) is 8.32. The van der Waals surface area contributed by atoms with Gasteiger partial charge in [0.2, 0.25) is 59.1 Å². The molecule has 0 fully saturated rings. The minimum Gasteiger partial charge on any atom is -0.497 e. The van der Waals surface area contributed by atoms with Crippen LogP contribution < -0.4 is 75.0 Å². The minimum atomic E-state index is -1.56. The highest BCUT2D eigenvalue weighted by atomic mass is 16.6. The number of hydrogen-bond acceptors (Lipinski definition) is 21. The molecule has 16 N–H and O–H groups in total. The van der Waals surface area contributed by atoms with Crippen LogP contribution in [0.5, 0.6) is 5.75 Å². The number of anilines is 1. The molecular formula is C73H94N16O19. The highest BCUT2D eigenvalue weighted by Crippen LogP contribution is 2.29. The average Bonchev–Trinajstić information content (AvgIpc) is 0.836. The van der Waals surface area contributed by atoms with Gasteiger partial charge in [0.25, 0.3) is 11.4 Å². The van der Waals surface area contributed by atoms with E-state index in [0.717, 1.165) is 24.3 Å². The normalized spacial score (nSPS) is 13.6. The number of ether oxygens (including phenoxy) is 1. The van der Waals surface area contributed by atoms with Gasteiger partial charge in [0.15, 0.2) is 0 Å². The quantitative estimate of drug-likeness (QED) is 0.0113. The van der Waals surface area contributed by atoms with Gasteiger partial charge in [0.05, 0.1) is 29.7 Å². The molecule has 35 nitrogen and oxygen atoms in total. The van der Waals surface area contributed by atoms with Crippen molar-refractivity contribution in [1.29, 1.82) is 0 Å². The van der Waals surface area contributed by atoms with E-state index in [1.807, 2.05) is 0 Å². The van der Waals surface area contributed by atoms with Crippen LogP contribution in [0.1, 0.15) is 115 Å². The number of H-pyrrole nitrogens is 1. The van der Waals surface area contributed by atoms with Gasteiger partial charge < -0.3 is 83.9 Å². The molecule has 2 aromatic heterocycles. The number of nitrogens with one attached hydrogen (secondary N) is 11. The molecule has 6 rings (SSSR count). The number of carbonyl (C=O) groups excluding carboxylic acids is 10. The Balaban J connectivity index is 1.16. The molecule has 0 unspecified atom stereocenters. The lowest BCUT2D eigenvalue weighted by Crippen LogP contribution is -2.61. The number of nitro groups is 2. The zero-order valence-electron chi connectivity index (χ0n) is 60.7. The second kappa shape index (κ2) is 42.1. The zero-order valence-corrected chi connectivity index (χ0v) is 60.7. The number of primary amides is 1. The van der Waals surface area contributed by atoms with Gasteiger partial charge >= 0.3 is 11.6 Å². The number of imidazole rings is 1. The molecule has 0 aliphatic carbocycles. The fourth-order valence-corrected chi connectivity index (χ4v) is 11.6. The summed E-state index contributed by atoms with van der Waals surface area (Å²) in [6.07, 6.45) is 1.90. The maximum atomic E-state index is 14.8. The number of rotatable bonds is 45. The molecule has 0 aliphatic rings. The van der Waals surface area contributed by atoms with E-state index in [1.54, 1.807) is 100 Å². The number of carboxylic acids is 1. The van der Waals surface area contributed by atoms with E-state index in [-0.39, 0.29) is 106 Å². The van der Waals surface area contributed by atoms with Gasteiger partial charge in [0, 0.05) is 79.8 Å². The Morgan fingerprint density at radius 3 is 1.69 bits per heavy atom. The van der Waals surface area contributed by atoms with Crippen molar-refractivity contribution in [3.63, 3.8) is 0 Å². The lowest BCUT2D eigenvalue weighted by molar-refractivity contribution is -0.388. The Hall–Kier alpha value is -12.2. The first-order valence-corrected chi connectivity index (χ1v) is 35.2. The third-order valence-corrected chi connectivity index (χ3v) is 17.3. The standard InChI is InChI=1S/C73H94N16O19/c1-41(2)31-55(84-66(94)51(21-13-15-29-74)81-67(95)52(26-28-61(75)90)82-70(98)58(36-47-39-76-40-78-47)80-62(91)34-46-35-63(92)108-60-38-49(107-6)24-25-50(46)60)71(99)87-64(42(3)4)72(100)86-57(33-45-19-11-8-12-20-45)69(97)85-56(32-44-17-9-7-10-18-44)68(96)79-43(5)65(93)83-53(73(101)102)22-14-16-30-77-54-37-48(88(103)104)23-27-59(54)89(105)106/h7-12,17-20,23-25,27,35,37-43,51-53,55-58,64,77H,13-16,21-22,26,28-34,36,74H2,1-6H3,(H2,75,90)(H,76,78)(H,79,96)(H,80,91)(H,81,95)(H,82,98)(H,83,93)(H,84,94)(H,85,97)(H,86,100)(H,87,99)(H,101,102)/t43-,51-,52-,53-,55-,56-,57-,58-,64-/m0/s1. The Labute approximate surface area is 621 Å². The predicted molar refractivity (Wildman–Crippen MR) is 394 cm³/mol. The minimum absolute atomic E-state index is 0.00932. The molecule has 0 bridgehead atoms. The highest BCUT2D eigenvalue weighted by molar-refractivity contribution is 5.99. The highest BCUT2D eigenvalue weighted by Gasteiger charge is 2.37. The van der Waals surface area contributed by atoms with Crippen molar-refractivity contribution in [3.05, 3.63) is 169 Å². The predicted octanol–water partition coefficient (Wildman–Crippen LogP) is 2.46. The molecule has 4 aromatic carbocycles. The number of nitrogens with zero attached hydrogens (tertiary/aromatic N) is 3. The Morgan fingerprint density at radius 1 is 0.593 bits per heavy atom. The third kappa shape index (κ3) is 27.1. The second-order valence-corrected chi connectivity index (χ2v) is 26.6. The van der Waals surface area contributed by atoms with Gasteiger partial charge in [-0.05, 0) is 105 Å². The second-order valence-electron chi connectivity index (χ2n) is 26.6. The first kappa shape index (κ1) is 84.8. The van der Waals surface area contributed by atoms with E-state index in [9.17, 15) is 82.9 Å². The summed E-state index contributed by atoms with van der Waals surface area (Å²) in [5, 5.41) is 60.0. The molecule has 108 heavy (non-hydrogen) atoms. The van der Waals surface area contributed by atoms with Crippen LogP contribution in [0.4, 0.5) is 17.1 Å². The van der Waals surface area contributed by atoms with Crippen molar-refractivity contribution in [2.75, 3.05) is 25.5 Å². The molecule has 10 amide bonds. The molecule has 0 aliphatic heterocycles. The van der Waals surface area contributed by atoms with Crippen LogP contribution in [0.15, 0.2) is 125 Å². The molecule has 0 saturated carbocycles. The monoisotopic (exact) mass is 1500 g/mol. The molecule has 9 atom stereocenters. The number of nitrogens with two attached hydrogens (primary N) is 2. The summed E-state index contributed by atoms with van der Waals surface area (Å²) < 4.78 is 10.6. The van der Waals surface area contributed by atoms with Crippen molar-refractivity contribution in [1.82, 2.24) is 57.8 Å². The number of carboxylic acid groups (broad SMARTS) is 1. The fraction of sp³-hybridized carbons (Fsp3) is 0.438. The number of nitro benzene ring substituents is 2. The maximum Gasteiger partial charge on any atom is 0.336 e. The lowest BCUT2D eigenvalue weighted by atomic mass is 9.98. The van der Waals surface area contributed by atoms with Crippen molar-refractivity contribution in [2.45, 2.75) is 172 Å². The number of unbranched alkanes of at least 4 members (excludes halogenated alkanes) is 2. The van der Waals surface area contributed by atoms with Crippen LogP contribution in [-0.2, 0) is 78.4 Å². The largest absolute Gasteiger partial charge is 0.497 e. The summed E-state index contributed by atoms with van der Waals surface area (Å²) in [7, 11) is 1.43. The van der Waals surface area contributed by atoms with E-state index < -0.39 is 159 Å². The van der Waals surface area contributed by atoms with E-state index in [2.05, 4.69) is 63.1 Å². The van der Waals surface area contributed by atoms with Gasteiger partial charge in [-0.3, -0.25) is 68.2 Å². The molecule has 0 spiro atoms. The number of non-ortho nitro benzene ring substituents is 1. The zero-order chi connectivity index (χ0) is 79.1. The summed E-state index contributed by atoms with van der Waals surface area (Å²) in [5.74, 6) is -10.6. The number of hydrogen-bond donors (Lipinski definition) is 14. The Morgan fingerprint density at radius 2 is 1.14 bits per heavy atom. The van der Waals surface area contributed by atoms with E-state index in [4.69, 9.17) is 20.6 Å². The molecular weight excluding hydrogens is 1400 g/mol. The van der Waals surface area contributed by atoms with Gasteiger partial charge in [0.1, 0.15) is 71.4 Å². The molecule has 580 valence electrons. The lowest BCUT2D eigenvalue weighted by Gasteiger charge is -2.30. The number of amides is 10. The molecule has 6 aromatic rings. The Kier molecular flexibility index (Phi) is 33.0. The van der Waals surface area contributed by atoms with Crippen LogP contribution in [0.2, 0.25) is 0 Å². The SMILES string of the molecule is COc1ccc2c(CC(=O)N[C@@H](Cc3cnc[nH]3)C(=O)N[C@@H](CCC(N)=O)C(=O)N[C@@H](CCCCN)C(=O)N[C@@H](CC(C)C)C(=O)N[C@H](C(=O)N[C@@H](Cc3ccccc3)C(=O)N[C@@H](Cc3ccccc3)C(=O)N[C@@H](C)C(=O)N[C@@H](CCCCNc3cc([N+](=O)[O-])ccc3[N+](=O)[O-])C(=O)O)C(C)C)cc(=O)oc2c1. The summed E-state index contributed by atoms with van der Waals surface area (Å²) >= 11 is 0. The average molecular weight is 1500 g/mol. The fourth-order valence-electron chi connectivity index (χ4n) is 11.6. The van der Waals surface area contributed by atoms with Crippen molar-refractivity contribution in [2.24, 2.45) is 23.3 Å². The van der Waals surface area contributed by atoms with Crippen molar-refractivity contribution >= 4 is 93.1 Å². The smallest absolute Gasteiger partial charge is 0.336 e. The number of aliphatic carboxylic acids is 1. The van der Waals surface area contributed by atoms with Crippen LogP contribution in [0.25, 0.3) is 11.0 Å². The third-order valence-electron chi connectivity index (χ3n) is 17.3. The molecule has 0 saturated heterocycles. The van der Waals surface area contributed by atoms with E-state index >= 15 is 0 Å². The first-order chi connectivity index (χ1) is 51.4. The van der Waals surface area contributed by atoms with Gasteiger partial charge in [-0.1, -0.05) is 88.4 Å². The number of benzene rings is 4. The van der Waals surface area contributed by atoms with Crippen LogP contribution in [0.3, 0.4) is 0 Å². The van der Waals surface area contributed by atoms with Crippen molar-refractivity contribution in [3.8, 4) is 5.75 Å². The summed E-state index contributed by atoms with van der Waals surface area (Å²) in [4.78, 5) is 195. The number of aromatic nitrogens is 2. The molecule has 35 heteroatoms. The number of methoxy groups -OCH3 is 1. The van der Waals surface area contributed by atoms with E-state index in [0.29, 0.717) is 34.4 Å². The van der Waals surface area contributed by atoms with Crippen LogP contribution in [0, 0.1) is 32.1 Å². The van der Waals surface area contributed by atoms with Gasteiger partial charge in [-0.15, -0.1) is 0 Å². The first-order valence-electron chi connectivity index (χ1n) is 35.2. The Bertz CT molecular complexity index is 4180. The molecule has 2 heterocycles.